The molecule has 0 bridgehead atoms. The molecule has 1 N–H and O–H groups in total. The van der Waals surface area contributed by atoms with Gasteiger partial charge in [0.25, 0.3) is 0 Å². The van der Waals surface area contributed by atoms with E-state index in [2.05, 4.69) is 11.6 Å². The molecule has 3 heteroatoms. The van der Waals surface area contributed by atoms with Crippen LogP contribution in [0.1, 0.15) is 11.1 Å². The van der Waals surface area contributed by atoms with E-state index in [1.807, 2.05) is 0 Å². The van der Waals surface area contributed by atoms with Gasteiger partial charge in [-0.15, -0.1) is 0 Å². The molecule has 0 aliphatic rings. The molecule has 2 nitrogen and oxygen atoms in total. The molecule has 0 saturated carbocycles. The van der Waals surface area contributed by atoms with E-state index < -0.39 is 0 Å². The average Bonchev–Trinajstić information content (AvgIpc) is 2.10. The topological polar surface area (TPSA) is 32.6 Å². The van der Waals surface area contributed by atoms with E-state index in [0.29, 0.717) is 5.17 Å². The van der Waals surface area contributed by atoms with E-state index in [4.69, 9.17) is 11.6 Å². The minimum Gasteiger partial charge on any atom is -0.508 e. The molecule has 0 saturated heterocycles. The van der Waals surface area contributed by atoms with Gasteiger partial charge in [0, 0.05) is 17.3 Å². The summed E-state index contributed by atoms with van der Waals surface area (Å²) in [6, 6.07) is 5.12. The third kappa shape index (κ3) is 2.10. The summed E-state index contributed by atoms with van der Waals surface area (Å²) in [5.74, 6) is 0.218. The smallest absolute Gasteiger partial charge is 0.136 e. The van der Waals surface area contributed by atoms with Gasteiger partial charge in [-0.25, -0.2) is 4.99 Å². The molecule has 1 rings (SSSR count). The van der Waals surface area contributed by atoms with E-state index in [9.17, 15) is 5.11 Å². The highest BCUT2D eigenvalue weighted by Gasteiger charge is 2.05. The number of rotatable bonds is 2. The molecule has 0 amide bonds. The molecule has 0 aliphatic heterocycles. The van der Waals surface area contributed by atoms with Crippen LogP contribution >= 0.6 is 11.6 Å². The summed E-state index contributed by atoms with van der Waals surface area (Å²) in [7, 11) is 0. The standard InChI is InChI=1S/C10H10ClNO/c1-3-12-10(11)8-5-4-6-9(13)7(8)2/h3-6,13H,1H2,2H3/b12-10+. The number of hydrogen-bond donors (Lipinski definition) is 1. The summed E-state index contributed by atoms with van der Waals surface area (Å²) < 4.78 is 0. The SMILES string of the molecule is C=C/N=C(/Cl)c1cccc(O)c1C. The van der Waals surface area contributed by atoms with Gasteiger partial charge in [-0.2, -0.15) is 0 Å². The van der Waals surface area contributed by atoms with Crippen molar-refractivity contribution in [2.75, 3.05) is 0 Å². The maximum Gasteiger partial charge on any atom is 0.136 e. The Morgan fingerprint density at radius 3 is 2.92 bits per heavy atom. The first kappa shape index (κ1) is 9.81. The summed E-state index contributed by atoms with van der Waals surface area (Å²) in [6.07, 6.45) is 1.37. The molecule has 0 fully saturated rings. The van der Waals surface area contributed by atoms with Crippen molar-refractivity contribution in [3.05, 3.63) is 42.1 Å². The Morgan fingerprint density at radius 1 is 1.62 bits per heavy atom. The van der Waals surface area contributed by atoms with Crippen molar-refractivity contribution in [1.29, 1.82) is 0 Å². The molecule has 68 valence electrons. The fourth-order valence-corrected chi connectivity index (χ4v) is 1.27. The molecule has 13 heavy (non-hydrogen) atoms. The van der Waals surface area contributed by atoms with Gasteiger partial charge in [0.05, 0.1) is 0 Å². The largest absolute Gasteiger partial charge is 0.508 e. The zero-order valence-corrected chi connectivity index (χ0v) is 8.04. The zero-order chi connectivity index (χ0) is 9.84. The van der Waals surface area contributed by atoms with Gasteiger partial charge in [0.1, 0.15) is 10.9 Å². The van der Waals surface area contributed by atoms with Crippen molar-refractivity contribution < 1.29 is 5.11 Å². The Labute approximate surface area is 82.2 Å². The molecule has 0 unspecified atom stereocenters. The van der Waals surface area contributed by atoms with Crippen molar-refractivity contribution in [3.8, 4) is 5.75 Å². The molecule has 1 aromatic carbocycles. The van der Waals surface area contributed by atoms with Crippen molar-refractivity contribution >= 4 is 16.8 Å². The Bertz CT molecular complexity index is 358. The van der Waals surface area contributed by atoms with E-state index in [-0.39, 0.29) is 5.75 Å². The van der Waals surface area contributed by atoms with Crippen molar-refractivity contribution in [3.63, 3.8) is 0 Å². The minimum atomic E-state index is 0.218. The first-order chi connectivity index (χ1) is 6.16. The highest BCUT2D eigenvalue weighted by molar-refractivity contribution is 6.69. The number of aliphatic imine (C=N–C) groups is 1. The van der Waals surface area contributed by atoms with E-state index in [1.165, 1.54) is 6.20 Å². The maximum absolute atomic E-state index is 9.38. The van der Waals surface area contributed by atoms with Crippen LogP contribution in [-0.4, -0.2) is 10.3 Å². The predicted octanol–water partition coefficient (Wildman–Crippen LogP) is 2.83. The van der Waals surface area contributed by atoms with Crippen LogP contribution in [0.15, 0.2) is 36.0 Å². The zero-order valence-electron chi connectivity index (χ0n) is 7.29. The van der Waals surface area contributed by atoms with Gasteiger partial charge in [-0.3, -0.25) is 0 Å². The highest BCUT2D eigenvalue weighted by Crippen LogP contribution is 2.21. The van der Waals surface area contributed by atoms with Gasteiger partial charge in [-0.1, -0.05) is 30.3 Å². The number of halogens is 1. The fourth-order valence-electron chi connectivity index (χ4n) is 0.997. The monoisotopic (exact) mass is 195 g/mol. The van der Waals surface area contributed by atoms with Gasteiger partial charge >= 0.3 is 0 Å². The van der Waals surface area contributed by atoms with E-state index in [0.717, 1.165) is 11.1 Å². The van der Waals surface area contributed by atoms with E-state index >= 15 is 0 Å². The summed E-state index contributed by atoms with van der Waals surface area (Å²) in [5.41, 5.74) is 1.44. The highest BCUT2D eigenvalue weighted by atomic mass is 35.5. The number of phenolic OH excluding ortho intramolecular Hbond substituents is 1. The second-order valence-electron chi connectivity index (χ2n) is 2.55. The molecular weight excluding hydrogens is 186 g/mol. The summed E-state index contributed by atoms with van der Waals surface area (Å²) in [5, 5.41) is 9.71. The molecule has 0 atom stereocenters. The quantitative estimate of drug-likeness (QED) is 0.724. The van der Waals surface area contributed by atoms with Crippen molar-refractivity contribution in [1.82, 2.24) is 0 Å². The van der Waals surface area contributed by atoms with Crippen LogP contribution in [-0.2, 0) is 0 Å². The van der Waals surface area contributed by atoms with Crippen LogP contribution in [0.2, 0.25) is 0 Å². The first-order valence-electron chi connectivity index (χ1n) is 3.80. The number of phenols is 1. The predicted molar refractivity (Wildman–Crippen MR) is 55.4 cm³/mol. The van der Waals surface area contributed by atoms with Crippen LogP contribution < -0.4 is 0 Å². The first-order valence-corrected chi connectivity index (χ1v) is 4.17. The lowest BCUT2D eigenvalue weighted by Crippen LogP contribution is -1.94. The second kappa shape index (κ2) is 4.10. The van der Waals surface area contributed by atoms with Crippen LogP contribution in [0.4, 0.5) is 0 Å². The number of nitrogens with zero attached hydrogens (tertiary/aromatic N) is 1. The fraction of sp³-hybridized carbons (Fsp3) is 0.100. The number of hydrogen-bond acceptors (Lipinski definition) is 2. The Morgan fingerprint density at radius 2 is 2.31 bits per heavy atom. The van der Waals surface area contributed by atoms with Crippen molar-refractivity contribution in [2.24, 2.45) is 4.99 Å². The van der Waals surface area contributed by atoms with Gasteiger partial charge < -0.3 is 5.11 Å². The lowest BCUT2D eigenvalue weighted by molar-refractivity contribution is 0.471. The molecule has 0 heterocycles. The summed E-state index contributed by atoms with van der Waals surface area (Å²) >= 11 is 5.85. The Hall–Kier alpha value is -1.28. The lowest BCUT2D eigenvalue weighted by Gasteiger charge is -2.04. The maximum atomic E-state index is 9.38. The average molecular weight is 196 g/mol. The third-order valence-electron chi connectivity index (χ3n) is 1.73. The molecule has 0 spiro atoms. The molecule has 0 aliphatic carbocycles. The van der Waals surface area contributed by atoms with Crippen LogP contribution in [0, 0.1) is 6.92 Å². The molecule has 0 radical (unpaired) electrons. The van der Waals surface area contributed by atoms with Gasteiger partial charge in [0.15, 0.2) is 0 Å². The summed E-state index contributed by atoms with van der Waals surface area (Å²) in [6.45, 7) is 5.23. The van der Waals surface area contributed by atoms with Crippen LogP contribution in [0.3, 0.4) is 0 Å². The molecular formula is C10H10ClNO. The van der Waals surface area contributed by atoms with Crippen LogP contribution in [0.25, 0.3) is 0 Å². The Balaban J connectivity index is 3.22. The van der Waals surface area contributed by atoms with Crippen LogP contribution in [0.5, 0.6) is 5.75 Å². The minimum absolute atomic E-state index is 0.218. The summed E-state index contributed by atoms with van der Waals surface area (Å²) in [4.78, 5) is 3.83. The lowest BCUT2D eigenvalue weighted by atomic mass is 10.1. The molecule has 0 aromatic heterocycles. The third-order valence-corrected chi connectivity index (χ3v) is 2.03. The van der Waals surface area contributed by atoms with Gasteiger partial charge in [-0.05, 0) is 13.0 Å². The Kier molecular flexibility index (Phi) is 3.09. The molecule has 1 aromatic rings. The number of benzene rings is 1. The number of aromatic hydroxyl groups is 1. The van der Waals surface area contributed by atoms with Gasteiger partial charge in [0.2, 0.25) is 0 Å². The second-order valence-corrected chi connectivity index (χ2v) is 2.91. The normalized spacial score (nSPS) is 11.4. The van der Waals surface area contributed by atoms with E-state index in [1.54, 1.807) is 25.1 Å². The van der Waals surface area contributed by atoms with Crippen molar-refractivity contribution in [2.45, 2.75) is 6.92 Å².